The molecule has 0 fully saturated rings. The third-order valence-corrected chi connectivity index (χ3v) is 2.73. The van der Waals surface area contributed by atoms with Gasteiger partial charge in [-0.05, 0) is 31.6 Å². The van der Waals surface area contributed by atoms with Crippen molar-refractivity contribution in [2.24, 2.45) is 5.41 Å². The van der Waals surface area contributed by atoms with Gasteiger partial charge in [-0.2, -0.15) is 0 Å². The number of hydrogen-bond acceptors (Lipinski definition) is 3. The van der Waals surface area contributed by atoms with Crippen LogP contribution in [0.25, 0.3) is 0 Å². The number of carbonyl (C=O) groups is 1. The normalized spacial score (nSPS) is 13.8. The fourth-order valence-electron chi connectivity index (χ4n) is 1.54. The molecule has 96 valence electrons. The van der Waals surface area contributed by atoms with E-state index in [1.807, 2.05) is 6.92 Å². The van der Waals surface area contributed by atoms with E-state index in [9.17, 15) is 4.79 Å². The third-order valence-electron chi connectivity index (χ3n) is 2.73. The monoisotopic (exact) mass is 231 g/mol. The van der Waals surface area contributed by atoms with Crippen LogP contribution in [0, 0.1) is 5.41 Å². The highest BCUT2D eigenvalue weighted by molar-refractivity contribution is 5.66. The van der Waals surface area contributed by atoms with Gasteiger partial charge in [0.1, 0.15) is 0 Å². The predicted octanol–water partition coefficient (Wildman–Crippen LogP) is 1.63. The Morgan fingerprint density at radius 2 is 2.06 bits per heavy atom. The van der Waals surface area contributed by atoms with E-state index in [-0.39, 0.29) is 24.5 Å². The Morgan fingerprint density at radius 1 is 1.44 bits per heavy atom. The summed E-state index contributed by atoms with van der Waals surface area (Å²) >= 11 is 0. The molecule has 4 heteroatoms. The minimum absolute atomic E-state index is 0.153. The lowest BCUT2D eigenvalue weighted by molar-refractivity contribution is -0.137. The lowest BCUT2D eigenvalue weighted by Gasteiger charge is -2.27. The van der Waals surface area contributed by atoms with Crippen LogP contribution in [-0.4, -0.2) is 35.4 Å². The molecule has 0 aromatic carbocycles. The first-order chi connectivity index (χ1) is 7.37. The molecule has 0 saturated heterocycles. The van der Waals surface area contributed by atoms with Crippen LogP contribution in [0.3, 0.4) is 0 Å². The number of carboxylic acid groups (broad SMARTS) is 1. The van der Waals surface area contributed by atoms with Gasteiger partial charge in [0, 0.05) is 25.6 Å². The molecule has 0 aliphatic carbocycles. The van der Waals surface area contributed by atoms with Gasteiger partial charge in [-0.3, -0.25) is 4.79 Å². The van der Waals surface area contributed by atoms with Gasteiger partial charge in [-0.15, -0.1) is 0 Å². The summed E-state index contributed by atoms with van der Waals surface area (Å²) in [5, 5.41) is 20.7. The van der Waals surface area contributed by atoms with Crippen molar-refractivity contribution < 1.29 is 15.0 Å². The summed E-state index contributed by atoms with van der Waals surface area (Å²) in [7, 11) is 0. The SMILES string of the molecule is CC(CCC(=O)O)NCC(C)(C)CCCO. The van der Waals surface area contributed by atoms with Gasteiger partial charge in [0.2, 0.25) is 0 Å². The van der Waals surface area contributed by atoms with Gasteiger partial charge in [0.15, 0.2) is 0 Å². The summed E-state index contributed by atoms with van der Waals surface area (Å²) in [6.07, 6.45) is 2.66. The van der Waals surface area contributed by atoms with Crippen molar-refractivity contribution in [1.82, 2.24) is 5.32 Å². The Morgan fingerprint density at radius 3 is 2.56 bits per heavy atom. The Kier molecular flexibility index (Phi) is 7.34. The van der Waals surface area contributed by atoms with Crippen molar-refractivity contribution in [3.05, 3.63) is 0 Å². The van der Waals surface area contributed by atoms with Crippen LogP contribution in [0.1, 0.15) is 46.5 Å². The molecule has 0 rings (SSSR count). The first-order valence-corrected chi connectivity index (χ1v) is 5.93. The van der Waals surface area contributed by atoms with E-state index in [0.29, 0.717) is 6.42 Å². The molecule has 0 heterocycles. The first-order valence-electron chi connectivity index (χ1n) is 5.93. The van der Waals surface area contributed by atoms with Gasteiger partial charge in [0.05, 0.1) is 0 Å². The average Bonchev–Trinajstić information content (AvgIpc) is 2.21. The summed E-state index contributed by atoms with van der Waals surface area (Å²) in [5.74, 6) is -0.742. The number of aliphatic hydroxyl groups excluding tert-OH is 1. The summed E-state index contributed by atoms with van der Waals surface area (Å²) in [6, 6.07) is 0.226. The van der Waals surface area contributed by atoms with Crippen molar-refractivity contribution >= 4 is 5.97 Å². The molecule has 3 N–H and O–H groups in total. The summed E-state index contributed by atoms with van der Waals surface area (Å²) < 4.78 is 0. The first kappa shape index (κ1) is 15.4. The highest BCUT2D eigenvalue weighted by Crippen LogP contribution is 2.21. The van der Waals surface area contributed by atoms with Crippen LogP contribution in [0.2, 0.25) is 0 Å². The molecule has 0 amide bonds. The van der Waals surface area contributed by atoms with E-state index in [1.165, 1.54) is 0 Å². The van der Waals surface area contributed by atoms with Crippen molar-refractivity contribution in [1.29, 1.82) is 0 Å². The van der Waals surface area contributed by atoms with E-state index in [1.54, 1.807) is 0 Å². The van der Waals surface area contributed by atoms with Crippen LogP contribution in [-0.2, 0) is 4.79 Å². The minimum Gasteiger partial charge on any atom is -0.481 e. The number of nitrogens with one attached hydrogen (secondary N) is 1. The zero-order valence-electron chi connectivity index (χ0n) is 10.6. The van der Waals surface area contributed by atoms with Gasteiger partial charge < -0.3 is 15.5 Å². The summed E-state index contributed by atoms with van der Waals surface area (Å²) in [6.45, 7) is 7.40. The minimum atomic E-state index is -0.742. The predicted molar refractivity (Wildman–Crippen MR) is 64.4 cm³/mol. The van der Waals surface area contributed by atoms with E-state index in [0.717, 1.165) is 19.4 Å². The number of carboxylic acids is 1. The number of aliphatic hydroxyl groups is 1. The van der Waals surface area contributed by atoms with E-state index >= 15 is 0 Å². The lowest BCUT2D eigenvalue weighted by Crippen LogP contribution is -2.35. The molecule has 0 spiro atoms. The maximum absolute atomic E-state index is 10.4. The molecule has 0 radical (unpaired) electrons. The van der Waals surface area contributed by atoms with Gasteiger partial charge in [0.25, 0.3) is 0 Å². The van der Waals surface area contributed by atoms with Crippen molar-refractivity contribution in [2.45, 2.75) is 52.5 Å². The fraction of sp³-hybridized carbons (Fsp3) is 0.917. The van der Waals surface area contributed by atoms with E-state index in [4.69, 9.17) is 10.2 Å². The second-order valence-corrected chi connectivity index (χ2v) is 5.21. The van der Waals surface area contributed by atoms with Crippen LogP contribution < -0.4 is 5.32 Å². The molecule has 0 aromatic heterocycles. The maximum atomic E-state index is 10.4. The summed E-state index contributed by atoms with van der Waals surface area (Å²) in [5.41, 5.74) is 0.153. The van der Waals surface area contributed by atoms with Gasteiger partial charge >= 0.3 is 5.97 Å². The van der Waals surface area contributed by atoms with Crippen LogP contribution in [0.4, 0.5) is 0 Å². The fourth-order valence-corrected chi connectivity index (χ4v) is 1.54. The molecule has 1 unspecified atom stereocenters. The largest absolute Gasteiger partial charge is 0.481 e. The molecule has 0 saturated carbocycles. The molecule has 16 heavy (non-hydrogen) atoms. The quantitative estimate of drug-likeness (QED) is 0.564. The lowest BCUT2D eigenvalue weighted by atomic mass is 9.87. The molecule has 0 aliphatic heterocycles. The van der Waals surface area contributed by atoms with Crippen LogP contribution in [0.5, 0.6) is 0 Å². The molecular formula is C12H25NO3. The van der Waals surface area contributed by atoms with Crippen molar-refractivity contribution in [2.75, 3.05) is 13.2 Å². The molecular weight excluding hydrogens is 206 g/mol. The second kappa shape index (κ2) is 7.63. The smallest absolute Gasteiger partial charge is 0.303 e. The van der Waals surface area contributed by atoms with Gasteiger partial charge in [-0.25, -0.2) is 0 Å². The van der Waals surface area contributed by atoms with Crippen molar-refractivity contribution in [3.8, 4) is 0 Å². The zero-order chi connectivity index (χ0) is 12.6. The molecule has 1 atom stereocenters. The number of hydrogen-bond donors (Lipinski definition) is 3. The molecule has 4 nitrogen and oxygen atoms in total. The Labute approximate surface area is 98.1 Å². The topological polar surface area (TPSA) is 69.6 Å². The number of aliphatic carboxylic acids is 1. The van der Waals surface area contributed by atoms with Crippen LogP contribution in [0.15, 0.2) is 0 Å². The van der Waals surface area contributed by atoms with Gasteiger partial charge in [-0.1, -0.05) is 13.8 Å². The molecule has 0 bridgehead atoms. The van der Waals surface area contributed by atoms with Crippen molar-refractivity contribution in [3.63, 3.8) is 0 Å². The average molecular weight is 231 g/mol. The van der Waals surface area contributed by atoms with E-state index < -0.39 is 5.97 Å². The molecule has 0 aliphatic rings. The summed E-state index contributed by atoms with van der Waals surface area (Å²) in [4.78, 5) is 10.4. The molecule has 0 aromatic rings. The van der Waals surface area contributed by atoms with E-state index in [2.05, 4.69) is 19.2 Å². The Hall–Kier alpha value is -0.610. The Bertz CT molecular complexity index is 204. The second-order valence-electron chi connectivity index (χ2n) is 5.21. The highest BCUT2D eigenvalue weighted by atomic mass is 16.4. The number of rotatable bonds is 9. The zero-order valence-corrected chi connectivity index (χ0v) is 10.6. The highest BCUT2D eigenvalue weighted by Gasteiger charge is 2.18. The third kappa shape index (κ3) is 8.68. The maximum Gasteiger partial charge on any atom is 0.303 e. The standard InChI is InChI=1S/C12H25NO3/c1-10(5-6-11(15)16)13-9-12(2,3)7-4-8-14/h10,13-14H,4-9H2,1-3H3,(H,15,16). The Balaban J connectivity index is 3.71. The van der Waals surface area contributed by atoms with Crippen LogP contribution >= 0.6 is 0 Å².